The van der Waals surface area contributed by atoms with Crippen LogP contribution in [0.5, 0.6) is 5.75 Å². The van der Waals surface area contributed by atoms with Gasteiger partial charge in [0.2, 0.25) is 0 Å². The molecule has 3 nitrogen and oxygen atoms in total. The van der Waals surface area contributed by atoms with Gasteiger partial charge in [0.05, 0.1) is 12.2 Å². The van der Waals surface area contributed by atoms with Crippen molar-refractivity contribution in [2.45, 2.75) is 12.6 Å². The maximum absolute atomic E-state index is 12.5. The summed E-state index contributed by atoms with van der Waals surface area (Å²) in [7, 11) is 0. The Labute approximate surface area is 136 Å². The van der Waals surface area contributed by atoms with Gasteiger partial charge in [0, 0.05) is 11.8 Å². The summed E-state index contributed by atoms with van der Waals surface area (Å²) in [5.41, 5.74) is 6.50. The zero-order chi connectivity index (χ0) is 17.2. The molecule has 0 fully saturated rings. The third-order valence-corrected chi connectivity index (χ3v) is 3.63. The number of halogens is 3. The van der Waals surface area contributed by atoms with Crippen molar-refractivity contribution in [2.75, 3.05) is 12.3 Å². The number of alkyl halides is 3. The number of nitrogen functional groups attached to an aromatic ring is 1. The van der Waals surface area contributed by atoms with E-state index in [9.17, 15) is 13.2 Å². The van der Waals surface area contributed by atoms with Gasteiger partial charge in [0.15, 0.2) is 0 Å². The Hall–Kier alpha value is -2.76. The van der Waals surface area contributed by atoms with Crippen molar-refractivity contribution in [1.82, 2.24) is 4.98 Å². The Morgan fingerprint density at radius 1 is 0.958 bits per heavy atom. The molecule has 2 aromatic carbocycles. The molecule has 3 aromatic rings. The Balaban J connectivity index is 1.68. The lowest BCUT2D eigenvalue weighted by Gasteiger charge is -2.10. The highest BCUT2D eigenvalue weighted by molar-refractivity contribution is 5.85. The van der Waals surface area contributed by atoms with E-state index < -0.39 is 11.7 Å². The second kappa shape index (κ2) is 6.39. The van der Waals surface area contributed by atoms with Crippen LogP contribution in [0.25, 0.3) is 10.9 Å². The van der Waals surface area contributed by atoms with Crippen molar-refractivity contribution in [3.63, 3.8) is 0 Å². The number of benzene rings is 2. The predicted molar refractivity (Wildman–Crippen MR) is 86.8 cm³/mol. The number of nitrogens with zero attached hydrogens (tertiary/aromatic N) is 1. The normalized spacial score (nSPS) is 11.6. The average Bonchev–Trinajstić information content (AvgIpc) is 2.55. The second-order valence-corrected chi connectivity index (χ2v) is 5.36. The molecule has 0 aliphatic carbocycles. The lowest BCUT2D eigenvalue weighted by molar-refractivity contribution is -0.137. The van der Waals surface area contributed by atoms with Gasteiger partial charge in [0.25, 0.3) is 0 Å². The standard InChI is InChI=1S/C18H15F3N2O/c19-18(20,21)14-7-4-12(5-8-14)10-11-24-15-3-1-2-13-6-9-16(22)23-17(13)15/h1-9H,10-11H2,(H2,22,23). The van der Waals surface area contributed by atoms with Crippen LogP contribution in [0.2, 0.25) is 0 Å². The van der Waals surface area contributed by atoms with Gasteiger partial charge in [-0.3, -0.25) is 0 Å². The first-order valence-corrected chi connectivity index (χ1v) is 7.38. The molecule has 0 saturated heterocycles. The van der Waals surface area contributed by atoms with E-state index in [-0.39, 0.29) is 0 Å². The number of aromatic nitrogens is 1. The van der Waals surface area contributed by atoms with Crippen LogP contribution < -0.4 is 10.5 Å². The predicted octanol–water partition coefficient (Wildman–Crippen LogP) is 4.46. The van der Waals surface area contributed by atoms with E-state index in [0.29, 0.717) is 30.1 Å². The van der Waals surface area contributed by atoms with Gasteiger partial charge in [-0.1, -0.05) is 24.3 Å². The van der Waals surface area contributed by atoms with Gasteiger partial charge in [-0.25, -0.2) is 4.98 Å². The van der Waals surface area contributed by atoms with Crippen molar-refractivity contribution < 1.29 is 17.9 Å². The van der Waals surface area contributed by atoms with Crippen molar-refractivity contribution >= 4 is 16.7 Å². The van der Waals surface area contributed by atoms with E-state index in [2.05, 4.69) is 4.98 Å². The molecule has 0 bridgehead atoms. The highest BCUT2D eigenvalue weighted by Gasteiger charge is 2.29. The summed E-state index contributed by atoms with van der Waals surface area (Å²) in [5.74, 6) is 1.01. The number of rotatable bonds is 4. The van der Waals surface area contributed by atoms with E-state index in [0.717, 1.165) is 23.1 Å². The van der Waals surface area contributed by atoms with Gasteiger partial charge < -0.3 is 10.5 Å². The van der Waals surface area contributed by atoms with Gasteiger partial charge >= 0.3 is 6.18 Å². The molecule has 0 radical (unpaired) electrons. The number of nitrogens with two attached hydrogens (primary N) is 1. The summed E-state index contributed by atoms with van der Waals surface area (Å²) in [6.07, 6.45) is -3.82. The zero-order valence-corrected chi connectivity index (χ0v) is 12.7. The van der Waals surface area contributed by atoms with E-state index in [1.165, 1.54) is 12.1 Å². The maximum atomic E-state index is 12.5. The molecule has 3 rings (SSSR count). The molecule has 124 valence electrons. The molecule has 0 atom stereocenters. The van der Waals surface area contributed by atoms with E-state index in [1.807, 2.05) is 18.2 Å². The van der Waals surface area contributed by atoms with E-state index in [4.69, 9.17) is 10.5 Å². The van der Waals surface area contributed by atoms with Crippen LogP contribution in [0.3, 0.4) is 0 Å². The smallest absolute Gasteiger partial charge is 0.416 e. The Kier molecular flexibility index (Phi) is 4.29. The Morgan fingerprint density at radius 3 is 2.42 bits per heavy atom. The summed E-state index contributed by atoms with van der Waals surface area (Å²) in [4.78, 5) is 4.27. The van der Waals surface area contributed by atoms with Crippen LogP contribution >= 0.6 is 0 Å². The lowest BCUT2D eigenvalue weighted by atomic mass is 10.1. The molecule has 1 heterocycles. The molecular weight excluding hydrogens is 317 g/mol. The quantitative estimate of drug-likeness (QED) is 0.767. The highest BCUT2D eigenvalue weighted by atomic mass is 19.4. The molecule has 0 spiro atoms. The largest absolute Gasteiger partial charge is 0.491 e. The summed E-state index contributed by atoms with van der Waals surface area (Å²) in [6, 6.07) is 14.2. The van der Waals surface area contributed by atoms with Crippen molar-refractivity contribution in [2.24, 2.45) is 0 Å². The third-order valence-electron chi connectivity index (χ3n) is 3.63. The van der Waals surface area contributed by atoms with E-state index >= 15 is 0 Å². The average molecular weight is 332 g/mol. The van der Waals surface area contributed by atoms with Gasteiger partial charge in [-0.05, 0) is 35.9 Å². The molecule has 2 N–H and O–H groups in total. The molecule has 0 amide bonds. The van der Waals surface area contributed by atoms with Crippen molar-refractivity contribution in [1.29, 1.82) is 0 Å². The summed E-state index contributed by atoms with van der Waals surface area (Å²) >= 11 is 0. The van der Waals surface area contributed by atoms with Crippen molar-refractivity contribution in [3.8, 4) is 5.75 Å². The first kappa shape index (κ1) is 16.1. The second-order valence-electron chi connectivity index (χ2n) is 5.36. The Bertz CT molecular complexity index is 845. The minimum Gasteiger partial charge on any atom is -0.491 e. The number of anilines is 1. The fraction of sp³-hybridized carbons (Fsp3) is 0.167. The molecule has 6 heteroatoms. The molecule has 0 unspecified atom stereocenters. The number of pyridine rings is 1. The number of para-hydroxylation sites is 1. The molecule has 0 aliphatic rings. The molecular formula is C18H15F3N2O. The van der Waals surface area contributed by atoms with Crippen LogP contribution in [0.1, 0.15) is 11.1 Å². The monoisotopic (exact) mass is 332 g/mol. The fourth-order valence-electron chi connectivity index (χ4n) is 2.39. The van der Waals surface area contributed by atoms with Crippen LogP contribution in [0, 0.1) is 0 Å². The zero-order valence-electron chi connectivity index (χ0n) is 12.7. The number of fused-ring (bicyclic) bond motifs is 1. The fourth-order valence-corrected chi connectivity index (χ4v) is 2.39. The Morgan fingerprint density at radius 2 is 1.71 bits per heavy atom. The molecule has 1 aromatic heterocycles. The summed E-state index contributed by atoms with van der Waals surface area (Å²) < 4.78 is 43.3. The first-order chi connectivity index (χ1) is 11.4. The number of hydrogen-bond donors (Lipinski definition) is 1. The third kappa shape index (κ3) is 3.59. The summed E-state index contributed by atoms with van der Waals surface area (Å²) in [6.45, 7) is 0.334. The topological polar surface area (TPSA) is 48.1 Å². The SMILES string of the molecule is Nc1ccc2cccc(OCCc3ccc(C(F)(F)F)cc3)c2n1. The van der Waals surface area contributed by atoms with E-state index in [1.54, 1.807) is 12.1 Å². The van der Waals surface area contributed by atoms with Gasteiger partial charge in [-0.2, -0.15) is 13.2 Å². The lowest BCUT2D eigenvalue weighted by Crippen LogP contribution is -2.06. The minimum atomic E-state index is -4.32. The van der Waals surface area contributed by atoms with Gasteiger partial charge in [0.1, 0.15) is 17.1 Å². The van der Waals surface area contributed by atoms with Crippen molar-refractivity contribution in [3.05, 3.63) is 65.7 Å². The van der Waals surface area contributed by atoms with Crippen LogP contribution in [-0.4, -0.2) is 11.6 Å². The van der Waals surface area contributed by atoms with Crippen LogP contribution in [0.15, 0.2) is 54.6 Å². The number of hydrogen-bond acceptors (Lipinski definition) is 3. The number of ether oxygens (including phenoxy) is 1. The van der Waals surface area contributed by atoms with Gasteiger partial charge in [-0.15, -0.1) is 0 Å². The maximum Gasteiger partial charge on any atom is 0.416 e. The highest BCUT2D eigenvalue weighted by Crippen LogP contribution is 2.29. The first-order valence-electron chi connectivity index (χ1n) is 7.38. The van der Waals surface area contributed by atoms with Crippen LogP contribution in [-0.2, 0) is 12.6 Å². The summed E-state index contributed by atoms with van der Waals surface area (Å²) in [5, 5.41) is 0.913. The molecule has 0 saturated carbocycles. The minimum absolute atomic E-state index is 0.334. The van der Waals surface area contributed by atoms with Crippen LogP contribution in [0.4, 0.5) is 19.0 Å². The molecule has 24 heavy (non-hydrogen) atoms. The molecule has 0 aliphatic heterocycles.